The number of aromatic nitrogens is 3. The summed E-state index contributed by atoms with van der Waals surface area (Å²) >= 11 is 0. The van der Waals surface area contributed by atoms with Gasteiger partial charge < -0.3 is 14.6 Å². The lowest BCUT2D eigenvalue weighted by Gasteiger charge is -2.12. The van der Waals surface area contributed by atoms with Crippen LogP contribution < -0.4 is 10.1 Å². The van der Waals surface area contributed by atoms with Crippen molar-refractivity contribution in [1.29, 1.82) is 0 Å². The summed E-state index contributed by atoms with van der Waals surface area (Å²) in [6.07, 6.45) is 0. The van der Waals surface area contributed by atoms with Crippen LogP contribution in [0, 0.1) is 0 Å². The zero-order valence-electron chi connectivity index (χ0n) is 13.2. The molecule has 6 nitrogen and oxygen atoms in total. The van der Waals surface area contributed by atoms with E-state index in [0.717, 1.165) is 5.69 Å². The molecule has 0 aliphatic heterocycles. The van der Waals surface area contributed by atoms with Gasteiger partial charge in [-0.15, -0.1) is 0 Å². The van der Waals surface area contributed by atoms with Crippen molar-refractivity contribution in [2.75, 3.05) is 7.11 Å². The largest absolute Gasteiger partial charge is 0.481 e. The van der Waals surface area contributed by atoms with Gasteiger partial charge in [0.25, 0.3) is 0 Å². The van der Waals surface area contributed by atoms with E-state index in [9.17, 15) is 0 Å². The monoisotopic (exact) mass is 290 g/mol. The molecule has 1 N–H and O–H groups in total. The van der Waals surface area contributed by atoms with Crippen LogP contribution in [0.25, 0.3) is 0 Å². The first kappa shape index (κ1) is 15.4. The number of methoxy groups -OCH3 is 1. The summed E-state index contributed by atoms with van der Waals surface area (Å²) in [4.78, 5) is 8.79. The van der Waals surface area contributed by atoms with Crippen LogP contribution in [0.4, 0.5) is 0 Å². The second kappa shape index (κ2) is 6.22. The standard InChI is InChI=1S/C15H22N4O2/c1-10(13-18-14(19-21-13)15(2,3)4)16-9-11-7-6-8-12(17-11)20-5/h6-8,10,16H,9H2,1-5H3. The molecule has 2 aromatic rings. The van der Waals surface area contributed by atoms with Crippen molar-refractivity contribution in [2.24, 2.45) is 0 Å². The number of hydrogen-bond donors (Lipinski definition) is 1. The van der Waals surface area contributed by atoms with Crippen molar-refractivity contribution >= 4 is 0 Å². The maximum Gasteiger partial charge on any atom is 0.243 e. The highest BCUT2D eigenvalue weighted by Crippen LogP contribution is 2.20. The van der Waals surface area contributed by atoms with Crippen molar-refractivity contribution in [2.45, 2.75) is 45.7 Å². The molecule has 2 heterocycles. The minimum atomic E-state index is -0.115. The summed E-state index contributed by atoms with van der Waals surface area (Å²) in [6.45, 7) is 8.76. The topological polar surface area (TPSA) is 73.1 Å². The van der Waals surface area contributed by atoms with E-state index in [-0.39, 0.29) is 11.5 Å². The first-order valence-corrected chi connectivity index (χ1v) is 6.97. The molecule has 1 atom stereocenters. The fourth-order valence-corrected chi connectivity index (χ4v) is 1.73. The van der Waals surface area contributed by atoms with Gasteiger partial charge in [-0.05, 0) is 13.0 Å². The summed E-state index contributed by atoms with van der Waals surface area (Å²) < 4.78 is 10.4. The molecular weight excluding hydrogens is 268 g/mol. The van der Waals surface area contributed by atoms with Crippen LogP contribution in [0.3, 0.4) is 0 Å². The Morgan fingerprint density at radius 3 is 2.67 bits per heavy atom. The number of ether oxygens (including phenoxy) is 1. The molecular formula is C15H22N4O2. The van der Waals surface area contributed by atoms with E-state index in [1.54, 1.807) is 7.11 Å². The van der Waals surface area contributed by atoms with Crippen LogP contribution >= 0.6 is 0 Å². The molecule has 21 heavy (non-hydrogen) atoms. The Morgan fingerprint density at radius 2 is 2.05 bits per heavy atom. The first-order valence-electron chi connectivity index (χ1n) is 6.97. The Hall–Kier alpha value is -1.95. The molecule has 0 amide bonds. The highest BCUT2D eigenvalue weighted by atomic mass is 16.5. The molecule has 0 aliphatic rings. The molecule has 0 saturated heterocycles. The minimum absolute atomic E-state index is 0.0402. The lowest BCUT2D eigenvalue weighted by atomic mass is 9.96. The molecule has 0 fully saturated rings. The Labute approximate surface area is 124 Å². The summed E-state index contributed by atoms with van der Waals surface area (Å²) in [6, 6.07) is 5.64. The van der Waals surface area contributed by atoms with Crippen LogP contribution in [0.2, 0.25) is 0 Å². The van der Waals surface area contributed by atoms with Gasteiger partial charge in [0.05, 0.1) is 18.8 Å². The lowest BCUT2D eigenvalue weighted by Crippen LogP contribution is -2.20. The normalized spacial score (nSPS) is 13.2. The highest BCUT2D eigenvalue weighted by molar-refractivity contribution is 5.15. The maximum absolute atomic E-state index is 5.32. The van der Waals surface area contributed by atoms with Crippen LogP contribution in [-0.2, 0) is 12.0 Å². The van der Waals surface area contributed by atoms with Gasteiger partial charge in [-0.25, -0.2) is 4.98 Å². The van der Waals surface area contributed by atoms with Crippen molar-refractivity contribution in [1.82, 2.24) is 20.4 Å². The number of hydrogen-bond acceptors (Lipinski definition) is 6. The number of pyridine rings is 1. The van der Waals surface area contributed by atoms with E-state index in [4.69, 9.17) is 9.26 Å². The van der Waals surface area contributed by atoms with Crippen molar-refractivity contribution in [3.8, 4) is 5.88 Å². The molecule has 0 aromatic carbocycles. The number of nitrogens with one attached hydrogen (secondary N) is 1. The number of nitrogens with zero attached hydrogens (tertiary/aromatic N) is 3. The fourth-order valence-electron chi connectivity index (χ4n) is 1.73. The summed E-state index contributed by atoms with van der Waals surface area (Å²) in [7, 11) is 1.61. The van der Waals surface area contributed by atoms with Crippen molar-refractivity contribution < 1.29 is 9.26 Å². The second-order valence-corrected chi connectivity index (χ2v) is 5.98. The lowest BCUT2D eigenvalue weighted by molar-refractivity contribution is 0.329. The Morgan fingerprint density at radius 1 is 1.29 bits per heavy atom. The molecule has 1 unspecified atom stereocenters. The van der Waals surface area contributed by atoms with E-state index in [2.05, 4.69) is 41.2 Å². The minimum Gasteiger partial charge on any atom is -0.481 e. The van der Waals surface area contributed by atoms with Gasteiger partial charge in [0.15, 0.2) is 5.82 Å². The fraction of sp³-hybridized carbons (Fsp3) is 0.533. The van der Waals surface area contributed by atoms with Crippen molar-refractivity contribution in [3.63, 3.8) is 0 Å². The maximum atomic E-state index is 5.32. The Bertz CT molecular complexity index is 589. The van der Waals surface area contributed by atoms with E-state index in [1.807, 2.05) is 25.1 Å². The summed E-state index contributed by atoms with van der Waals surface area (Å²) in [5, 5.41) is 7.35. The molecule has 2 aromatic heterocycles. The predicted molar refractivity (Wildman–Crippen MR) is 79.0 cm³/mol. The summed E-state index contributed by atoms with van der Waals surface area (Å²) in [5.41, 5.74) is 0.785. The van der Waals surface area contributed by atoms with Gasteiger partial charge in [0, 0.05) is 18.0 Å². The molecule has 114 valence electrons. The van der Waals surface area contributed by atoms with Crippen LogP contribution in [-0.4, -0.2) is 22.2 Å². The predicted octanol–water partition coefficient (Wildman–Crippen LogP) is 2.62. The third kappa shape index (κ3) is 4.01. The number of rotatable bonds is 5. The molecule has 0 radical (unpaired) electrons. The SMILES string of the molecule is COc1cccc(CNC(C)c2nc(C(C)(C)C)no2)n1. The van der Waals surface area contributed by atoms with E-state index in [1.165, 1.54) is 0 Å². The van der Waals surface area contributed by atoms with E-state index >= 15 is 0 Å². The smallest absolute Gasteiger partial charge is 0.243 e. The van der Waals surface area contributed by atoms with Gasteiger partial charge in [-0.3, -0.25) is 0 Å². The Kier molecular flexibility index (Phi) is 4.57. The third-order valence-electron chi connectivity index (χ3n) is 3.06. The van der Waals surface area contributed by atoms with E-state index < -0.39 is 0 Å². The average molecular weight is 290 g/mol. The zero-order chi connectivity index (χ0) is 15.5. The van der Waals surface area contributed by atoms with E-state index in [0.29, 0.717) is 24.1 Å². The van der Waals surface area contributed by atoms with Crippen LogP contribution in [0.5, 0.6) is 5.88 Å². The first-order chi connectivity index (χ1) is 9.90. The Balaban J connectivity index is 1.98. The second-order valence-electron chi connectivity index (χ2n) is 5.98. The van der Waals surface area contributed by atoms with Crippen molar-refractivity contribution in [3.05, 3.63) is 35.6 Å². The summed E-state index contributed by atoms with van der Waals surface area (Å²) in [5.74, 6) is 1.91. The highest BCUT2D eigenvalue weighted by Gasteiger charge is 2.22. The van der Waals surface area contributed by atoms with Gasteiger partial charge in [0.1, 0.15) is 0 Å². The average Bonchev–Trinajstić information content (AvgIpc) is 2.95. The van der Waals surface area contributed by atoms with Gasteiger partial charge in [0.2, 0.25) is 11.8 Å². The third-order valence-corrected chi connectivity index (χ3v) is 3.06. The van der Waals surface area contributed by atoms with Crippen LogP contribution in [0.15, 0.2) is 22.7 Å². The molecule has 6 heteroatoms. The molecule has 0 bridgehead atoms. The quantitative estimate of drug-likeness (QED) is 0.912. The van der Waals surface area contributed by atoms with Gasteiger partial charge in [-0.1, -0.05) is 32.0 Å². The molecule has 0 aliphatic carbocycles. The molecule has 2 rings (SSSR count). The van der Waals surface area contributed by atoms with Gasteiger partial charge in [-0.2, -0.15) is 4.98 Å². The zero-order valence-corrected chi connectivity index (χ0v) is 13.2. The van der Waals surface area contributed by atoms with Crippen LogP contribution in [0.1, 0.15) is 51.1 Å². The molecule has 0 saturated carbocycles. The van der Waals surface area contributed by atoms with Gasteiger partial charge >= 0.3 is 0 Å². The molecule has 0 spiro atoms.